The van der Waals surface area contributed by atoms with E-state index >= 15 is 0 Å². The maximum absolute atomic E-state index is 12.4. The summed E-state index contributed by atoms with van der Waals surface area (Å²) in [6.45, 7) is 2.51. The van der Waals surface area contributed by atoms with Gasteiger partial charge in [-0.15, -0.1) is 0 Å². The number of ether oxygens (including phenoxy) is 1. The van der Waals surface area contributed by atoms with E-state index in [2.05, 4.69) is 4.98 Å². The number of hydrogen-bond donors (Lipinski definition) is 2. The molecule has 8 heteroatoms. The molecule has 0 aliphatic carbocycles. The Bertz CT molecular complexity index is 786. The first-order valence-electron chi connectivity index (χ1n) is 8.33. The van der Waals surface area contributed by atoms with Gasteiger partial charge in [-0.25, -0.2) is 4.98 Å². The summed E-state index contributed by atoms with van der Waals surface area (Å²) < 4.78 is 7.53. The van der Waals surface area contributed by atoms with Crippen molar-refractivity contribution in [2.75, 3.05) is 13.1 Å². The number of likely N-dealkylation sites (tertiary alicyclic amines) is 1. The van der Waals surface area contributed by atoms with Crippen LogP contribution in [0.5, 0.6) is 5.75 Å². The van der Waals surface area contributed by atoms with Crippen LogP contribution in [0.3, 0.4) is 0 Å². The number of imidazole rings is 1. The topological polar surface area (TPSA) is 105 Å². The van der Waals surface area contributed by atoms with Gasteiger partial charge in [0.15, 0.2) is 0 Å². The van der Waals surface area contributed by atoms with Crippen LogP contribution in [0.1, 0.15) is 11.4 Å². The zero-order valence-corrected chi connectivity index (χ0v) is 14.4. The SMILES string of the molecule is Cc1nccn1CC(=O)N1C[C@@H](O)[C@H](Oc2ccc(CC(=O)O)cc2)C1. The highest BCUT2D eigenvalue weighted by molar-refractivity contribution is 5.76. The number of carboxylic acid groups (broad SMARTS) is 1. The summed E-state index contributed by atoms with van der Waals surface area (Å²) in [6, 6.07) is 6.69. The Morgan fingerprint density at radius 1 is 1.27 bits per heavy atom. The van der Waals surface area contributed by atoms with Crippen molar-refractivity contribution in [3.05, 3.63) is 48.0 Å². The van der Waals surface area contributed by atoms with Gasteiger partial charge >= 0.3 is 5.97 Å². The molecule has 26 heavy (non-hydrogen) atoms. The van der Waals surface area contributed by atoms with Gasteiger partial charge in [0.05, 0.1) is 19.5 Å². The smallest absolute Gasteiger partial charge is 0.307 e. The number of aliphatic carboxylic acids is 1. The van der Waals surface area contributed by atoms with Gasteiger partial charge in [-0.2, -0.15) is 0 Å². The predicted octanol–water partition coefficient (Wildman–Crippen LogP) is 0.469. The second-order valence-corrected chi connectivity index (χ2v) is 6.34. The van der Waals surface area contributed by atoms with Crippen LogP contribution >= 0.6 is 0 Å². The number of β-amino-alcohol motifs (C(OH)–C–C–N with tert-alkyl or cyclic N) is 1. The van der Waals surface area contributed by atoms with E-state index in [4.69, 9.17) is 9.84 Å². The average molecular weight is 359 g/mol. The molecule has 1 aliphatic heterocycles. The molecule has 8 nitrogen and oxygen atoms in total. The third-order valence-corrected chi connectivity index (χ3v) is 4.39. The first-order valence-corrected chi connectivity index (χ1v) is 8.33. The molecule has 0 spiro atoms. The minimum Gasteiger partial charge on any atom is -0.486 e. The number of hydrogen-bond acceptors (Lipinski definition) is 5. The number of aliphatic hydroxyl groups excluding tert-OH is 1. The molecule has 3 rings (SSSR count). The summed E-state index contributed by atoms with van der Waals surface area (Å²) in [5, 5.41) is 19.0. The molecule has 2 N–H and O–H groups in total. The highest BCUT2D eigenvalue weighted by Gasteiger charge is 2.35. The van der Waals surface area contributed by atoms with Crippen LogP contribution in [0, 0.1) is 6.92 Å². The molecular formula is C18H21N3O5. The Hall–Kier alpha value is -2.87. The number of aryl methyl sites for hydroxylation is 1. The molecule has 1 aromatic carbocycles. The van der Waals surface area contributed by atoms with Crippen molar-refractivity contribution in [2.45, 2.75) is 32.1 Å². The van der Waals surface area contributed by atoms with Crippen molar-refractivity contribution in [3.8, 4) is 5.75 Å². The molecule has 1 aromatic heterocycles. The second-order valence-electron chi connectivity index (χ2n) is 6.34. The molecule has 0 unspecified atom stereocenters. The number of nitrogens with zero attached hydrogens (tertiary/aromatic N) is 3. The Labute approximate surface area is 150 Å². The first kappa shape index (κ1) is 17.9. The van der Waals surface area contributed by atoms with E-state index in [0.29, 0.717) is 17.9 Å². The van der Waals surface area contributed by atoms with E-state index in [-0.39, 0.29) is 25.4 Å². The lowest BCUT2D eigenvalue weighted by atomic mass is 10.1. The number of aromatic nitrogens is 2. The van der Waals surface area contributed by atoms with Gasteiger partial charge in [-0.05, 0) is 24.6 Å². The van der Waals surface area contributed by atoms with Crippen LogP contribution in [0.2, 0.25) is 0 Å². The largest absolute Gasteiger partial charge is 0.486 e. The van der Waals surface area contributed by atoms with Gasteiger partial charge in [0.2, 0.25) is 5.91 Å². The fourth-order valence-electron chi connectivity index (χ4n) is 2.93. The minimum absolute atomic E-state index is 0.0533. The number of amides is 1. The van der Waals surface area contributed by atoms with Crippen LogP contribution in [0.15, 0.2) is 36.7 Å². The summed E-state index contributed by atoms with van der Waals surface area (Å²) in [5.74, 6) is 0.288. The Morgan fingerprint density at radius 2 is 2.00 bits per heavy atom. The molecule has 0 saturated carbocycles. The maximum atomic E-state index is 12.4. The van der Waals surface area contributed by atoms with E-state index in [0.717, 1.165) is 5.82 Å². The molecule has 1 amide bonds. The molecule has 2 aromatic rings. The lowest BCUT2D eigenvalue weighted by molar-refractivity contribution is -0.136. The third kappa shape index (κ3) is 4.20. The van der Waals surface area contributed by atoms with Crippen LogP contribution in [-0.2, 0) is 22.6 Å². The predicted molar refractivity (Wildman–Crippen MR) is 91.7 cm³/mol. The van der Waals surface area contributed by atoms with E-state index in [9.17, 15) is 14.7 Å². The van der Waals surface area contributed by atoms with Crippen LogP contribution in [-0.4, -0.2) is 61.8 Å². The molecule has 1 aliphatic rings. The summed E-state index contributed by atoms with van der Waals surface area (Å²) in [4.78, 5) is 28.8. The lowest BCUT2D eigenvalue weighted by Gasteiger charge is -2.18. The standard InChI is InChI=1S/C18H21N3O5/c1-12-19-6-7-20(12)11-17(23)21-9-15(22)16(10-21)26-14-4-2-13(3-5-14)8-18(24)25/h2-7,15-16,22H,8-11H2,1H3,(H,24,25)/t15-,16-/m1/s1. The molecule has 2 heterocycles. The van der Waals surface area contributed by atoms with E-state index in [1.165, 1.54) is 0 Å². The maximum Gasteiger partial charge on any atom is 0.307 e. The summed E-state index contributed by atoms with van der Waals surface area (Å²) in [5.41, 5.74) is 0.671. The van der Waals surface area contributed by atoms with E-state index in [1.54, 1.807) is 46.1 Å². The molecule has 1 fully saturated rings. The van der Waals surface area contributed by atoms with Crippen molar-refractivity contribution in [3.63, 3.8) is 0 Å². The quantitative estimate of drug-likeness (QED) is 0.777. The zero-order chi connectivity index (χ0) is 18.7. The molecule has 0 radical (unpaired) electrons. The van der Waals surface area contributed by atoms with Gasteiger partial charge < -0.3 is 24.4 Å². The van der Waals surface area contributed by atoms with Crippen LogP contribution in [0.25, 0.3) is 0 Å². The lowest BCUT2D eigenvalue weighted by Crippen LogP contribution is -2.33. The zero-order valence-electron chi connectivity index (χ0n) is 14.4. The highest BCUT2D eigenvalue weighted by Crippen LogP contribution is 2.20. The summed E-state index contributed by atoms with van der Waals surface area (Å²) in [7, 11) is 0. The number of carbonyl (C=O) groups excluding carboxylic acids is 1. The van der Waals surface area contributed by atoms with Crippen molar-refractivity contribution in [2.24, 2.45) is 0 Å². The monoisotopic (exact) mass is 359 g/mol. The number of carbonyl (C=O) groups is 2. The molecule has 1 saturated heterocycles. The van der Waals surface area contributed by atoms with Crippen molar-refractivity contribution in [1.29, 1.82) is 0 Å². The van der Waals surface area contributed by atoms with Gasteiger partial charge in [-0.3, -0.25) is 9.59 Å². The molecule has 2 atom stereocenters. The summed E-state index contributed by atoms with van der Waals surface area (Å²) >= 11 is 0. The first-order chi connectivity index (χ1) is 12.4. The van der Waals surface area contributed by atoms with Crippen LogP contribution in [0.4, 0.5) is 0 Å². The van der Waals surface area contributed by atoms with Crippen molar-refractivity contribution >= 4 is 11.9 Å². The van der Waals surface area contributed by atoms with Crippen molar-refractivity contribution < 1.29 is 24.5 Å². The fourth-order valence-corrected chi connectivity index (χ4v) is 2.93. The molecule has 0 bridgehead atoms. The molecular weight excluding hydrogens is 338 g/mol. The van der Waals surface area contributed by atoms with Gasteiger partial charge in [0.25, 0.3) is 0 Å². The van der Waals surface area contributed by atoms with E-state index in [1.807, 2.05) is 6.92 Å². The van der Waals surface area contributed by atoms with Crippen molar-refractivity contribution in [1.82, 2.24) is 14.5 Å². The Morgan fingerprint density at radius 3 is 2.62 bits per heavy atom. The Balaban J connectivity index is 1.57. The number of aliphatic hydroxyl groups is 1. The van der Waals surface area contributed by atoms with E-state index < -0.39 is 18.2 Å². The Kier molecular flexibility index (Phi) is 5.22. The average Bonchev–Trinajstić information content (AvgIpc) is 3.15. The van der Waals surface area contributed by atoms with Gasteiger partial charge in [-0.1, -0.05) is 12.1 Å². The minimum atomic E-state index is -0.896. The van der Waals surface area contributed by atoms with Crippen LogP contribution < -0.4 is 4.74 Å². The number of benzene rings is 1. The highest BCUT2D eigenvalue weighted by atomic mass is 16.5. The number of rotatable bonds is 6. The fraction of sp³-hybridized carbons (Fsp3) is 0.389. The normalized spacial score (nSPS) is 19.5. The third-order valence-electron chi connectivity index (χ3n) is 4.39. The van der Waals surface area contributed by atoms with Gasteiger partial charge in [0, 0.05) is 12.4 Å². The van der Waals surface area contributed by atoms with Gasteiger partial charge in [0.1, 0.15) is 30.3 Å². The second kappa shape index (κ2) is 7.57. The molecule has 138 valence electrons. The summed E-state index contributed by atoms with van der Waals surface area (Å²) in [6.07, 6.45) is 2.03. The number of carboxylic acids is 1.